The van der Waals surface area contributed by atoms with Crippen molar-refractivity contribution in [2.75, 3.05) is 13.2 Å². The predicted molar refractivity (Wildman–Crippen MR) is 76.3 cm³/mol. The van der Waals surface area contributed by atoms with Crippen LogP contribution < -0.4 is 5.32 Å². The lowest BCUT2D eigenvalue weighted by atomic mass is 9.96. The highest BCUT2D eigenvalue weighted by molar-refractivity contribution is 5.79. The first-order chi connectivity index (χ1) is 10.2. The molecule has 2 atom stereocenters. The Morgan fingerprint density at radius 3 is 2.77 bits per heavy atom. The molecule has 1 N–H and O–H groups in total. The third-order valence-electron chi connectivity index (χ3n) is 3.89. The first-order valence-electron chi connectivity index (χ1n) is 7.25. The van der Waals surface area contributed by atoms with E-state index in [0.29, 0.717) is 18.8 Å². The quantitative estimate of drug-likeness (QED) is 0.927. The summed E-state index contributed by atoms with van der Waals surface area (Å²) >= 11 is 0. The highest BCUT2D eigenvalue weighted by Crippen LogP contribution is 2.30. The summed E-state index contributed by atoms with van der Waals surface area (Å²) in [5.74, 6) is -0.564. The second kappa shape index (κ2) is 6.28. The number of carbonyl (C=O) groups is 1. The molecule has 1 aliphatic rings. The number of rotatable bonds is 4. The van der Waals surface area contributed by atoms with Crippen molar-refractivity contribution in [2.45, 2.75) is 38.4 Å². The van der Waals surface area contributed by atoms with Crippen LogP contribution in [0.25, 0.3) is 0 Å². The van der Waals surface area contributed by atoms with Crippen molar-refractivity contribution in [2.24, 2.45) is 5.92 Å². The van der Waals surface area contributed by atoms with E-state index in [0.717, 1.165) is 18.6 Å². The molecule has 1 aliphatic heterocycles. The van der Waals surface area contributed by atoms with Crippen LogP contribution in [-0.4, -0.2) is 24.7 Å². The first-order valence-corrected chi connectivity index (χ1v) is 7.25. The maximum atomic E-state index is 12.7. The van der Waals surface area contributed by atoms with Crippen LogP contribution in [-0.2, 0) is 22.1 Å². The molecule has 0 bridgehead atoms. The highest BCUT2D eigenvalue weighted by Gasteiger charge is 2.33. The molecule has 22 heavy (non-hydrogen) atoms. The molecule has 6 heteroatoms. The molecule has 3 nitrogen and oxygen atoms in total. The van der Waals surface area contributed by atoms with Gasteiger partial charge < -0.3 is 10.1 Å². The Hall–Kier alpha value is -1.56. The number of ether oxygens (including phenoxy) is 1. The second-order valence-electron chi connectivity index (χ2n) is 6.16. The summed E-state index contributed by atoms with van der Waals surface area (Å²) in [5.41, 5.74) is -0.557. The summed E-state index contributed by atoms with van der Waals surface area (Å²) in [6.07, 6.45) is -3.35. The highest BCUT2D eigenvalue weighted by atomic mass is 19.4. The lowest BCUT2D eigenvalue weighted by Crippen LogP contribution is -2.48. The summed E-state index contributed by atoms with van der Waals surface area (Å²) in [5, 5.41) is 2.93. The number of hydrogen-bond acceptors (Lipinski definition) is 2. The largest absolute Gasteiger partial charge is 0.416 e. The van der Waals surface area contributed by atoms with Gasteiger partial charge in [0.1, 0.15) is 0 Å². The number of benzene rings is 1. The van der Waals surface area contributed by atoms with Gasteiger partial charge >= 0.3 is 6.18 Å². The van der Waals surface area contributed by atoms with E-state index in [2.05, 4.69) is 5.32 Å². The standard InChI is InChI=1S/C16H20F3NO2/c1-11(14(21)20-15(2)6-7-22-10-15)8-12-4-3-5-13(9-12)16(17,18)19/h3-5,9,11H,6-8,10H2,1-2H3,(H,20,21)/t11-,15-/m1/s1. The van der Waals surface area contributed by atoms with Gasteiger partial charge in [-0.05, 0) is 31.4 Å². The van der Waals surface area contributed by atoms with E-state index in [1.807, 2.05) is 6.92 Å². The van der Waals surface area contributed by atoms with Gasteiger partial charge in [-0.25, -0.2) is 0 Å². The molecule has 0 spiro atoms. The number of hydrogen-bond donors (Lipinski definition) is 1. The number of nitrogens with one attached hydrogen (secondary N) is 1. The van der Waals surface area contributed by atoms with Crippen LogP contribution in [0.5, 0.6) is 0 Å². The zero-order valence-corrected chi connectivity index (χ0v) is 12.7. The van der Waals surface area contributed by atoms with Crippen LogP contribution in [0.3, 0.4) is 0 Å². The van der Waals surface area contributed by atoms with Gasteiger partial charge in [-0.1, -0.05) is 25.1 Å². The Balaban J connectivity index is 1.99. The zero-order chi connectivity index (χ0) is 16.4. The molecule has 1 aromatic rings. The van der Waals surface area contributed by atoms with Gasteiger partial charge in [-0.15, -0.1) is 0 Å². The summed E-state index contributed by atoms with van der Waals surface area (Å²) in [6.45, 7) is 4.71. The molecule has 0 radical (unpaired) electrons. The van der Waals surface area contributed by atoms with Gasteiger partial charge in [0, 0.05) is 12.5 Å². The second-order valence-corrected chi connectivity index (χ2v) is 6.16. The van der Waals surface area contributed by atoms with Crippen molar-refractivity contribution < 1.29 is 22.7 Å². The Kier molecular flexibility index (Phi) is 4.80. The molecule has 2 rings (SSSR count). The van der Waals surface area contributed by atoms with E-state index in [9.17, 15) is 18.0 Å². The normalized spacial score (nSPS) is 23.3. The minimum Gasteiger partial charge on any atom is -0.379 e. The maximum Gasteiger partial charge on any atom is 0.416 e. The molecule has 0 saturated carbocycles. The van der Waals surface area contributed by atoms with Crippen LogP contribution in [0.1, 0.15) is 31.4 Å². The van der Waals surface area contributed by atoms with Gasteiger partial charge in [0.25, 0.3) is 0 Å². The van der Waals surface area contributed by atoms with Gasteiger partial charge in [-0.2, -0.15) is 13.2 Å². The van der Waals surface area contributed by atoms with Gasteiger partial charge in [0.15, 0.2) is 0 Å². The molecule has 1 heterocycles. The molecule has 0 aliphatic carbocycles. The van der Waals surface area contributed by atoms with Crippen LogP contribution >= 0.6 is 0 Å². The lowest BCUT2D eigenvalue weighted by molar-refractivity contribution is -0.137. The molecule has 1 fully saturated rings. The van der Waals surface area contributed by atoms with Crippen LogP contribution in [0.2, 0.25) is 0 Å². The summed E-state index contributed by atoms with van der Waals surface area (Å²) in [4.78, 5) is 12.2. The zero-order valence-electron chi connectivity index (χ0n) is 12.7. The number of halogens is 3. The average Bonchev–Trinajstić information content (AvgIpc) is 2.84. The maximum absolute atomic E-state index is 12.7. The van der Waals surface area contributed by atoms with Crippen molar-refractivity contribution in [3.63, 3.8) is 0 Å². The summed E-state index contributed by atoms with van der Waals surface area (Å²) in [6, 6.07) is 5.11. The first kappa shape index (κ1) is 16.8. The number of amides is 1. The lowest BCUT2D eigenvalue weighted by Gasteiger charge is -2.25. The van der Waals surface area contributed by atoms with Crippen LogP contribution in [0.15, 0.2) is 24.3 Å². The molecular formula is C16H20F3NO2. The third kappa shape index (κ3) is 4.22. The monoisotopic (exact) mass is 315 g/mol. The fraction of sp³-hybridized carbons (Fsp3) is 0.562. The fourth-order valence-corrected chi connectivity index (χ4v) is 2.51. The van der Waals surface area contributed by atoms with E-state index in [1.165, 1.54) is 6.07 Å². The van der Waals surface area contributed by atoms with E-state index < -0.39 is 17.7 Å². The minimum absolute atomic E-state index is 0.162. The average molecular weight is 315 g/mol. The molecular weight excluding hydrogens is 295 g/mol. The molecule has 122 valence electrons. The van der Waals surface area contributed by atoms with Crippen molar-refractivity contribution in [3.05, 3.63) is 35.4 Å². The Morgan fingerprint density at radius 1 is 1.45 bits per heavy atom. The van der Waals surface area contributed by atoms with E-state index in [1.54, 1.807) is 13.0 Å². The Morgan fingerprint density at radius 2 is 2.18 bits per heavy atom. The van der Waals surface area contributed by atoms with Crippen LogP contribution in [0.4, 0.5) is 13.2 Å². The van der Waals surface area contributed by atoms with E-state index in [-0.39, 0.29) is 17.9 Å². The van der Waals surface area contributed by atoms with E-state index >= 15 is 0 Å². The van der Waals surface area contributed by atoms with Gasteiger partial charge in [0.05, 0.1) is 17.7 Å². The van der Waals surface area contributed by atoms with Gasteiger partial charge in [0.2, 0.25) is 5.91 Å². The SMILES string of the molecule is C[C@H](Cc1cccc(C(F)(F)F)c1)C(=O)N[C@]1(C)CCOC1. The smallest absolute Gasteiger partial charge is 0.379 e. The molecule has 1 aromatic carbocycles. The van der Waals surface area contributed by atoms with Crippen molar-refractivity contribution in [1.82, 2.24) is 5.32 Å². The summed E-state index contributed by atoms with van der Waals surface area (Å²) < 4.78 is 43.3. The Labute approximate surface area is 127 Å². The van der Waals surface area contributed by atoms with Crippen molar-refractivity contribution in [1.29, 1.82) is 0 Å². The third-order valence-corrected chi connectivity index (χ3v) is 3.89. The molecule has 1 saturated heterocycles. The topological polar surface area (TPSA) is 38.3 Å². The number of alkyl halides is 3. The Bertz CT molecular complexity index is 536. The molecule has 0 aromatic heterocycles. The molecule has 1 amide bonds. The fourth-order valence-electron chi connectivity index (χ4n) is 2.51. The molecule has 0 unspecified atom stereocenters. The minimum atomic E-state index is -4.36. The van der Waals surface area contributed by atoms with Crippen LogP contribution in [0, 0.1) is 5.92 Å². The predicted octanol–water partition coefficient (Wildman–Crippen LogP) is 3.18. The van der Waals surface area contributed by atoms with Crippen molar-refractivity contribution in [3.8, 4) is 0 Å². The summed E-state index contributed by atoms with van der Waals surface area (Å²) in [7, 11) is 0. The number of carbonyl (C=O) groups excluding carboxylic acids is 1. The van der Waals surface area contributed by atoms with E-state index in [4.69, 9.17) is 4.74 Å². The van der Waals surface area contributed by atoms with Crippen molar-refractivity contribution >= 4 is 5.91 Å². The van der Waals surface area contributed by atoms with Gasteiger partial charge in [-0.3, -0.25) is 4.79 Å².